The Morgan fingerprint density at radius 2 is 2.26 bits per heavy atom. The molecule has 1 unspecified atom stereocenters. The molecule has 0 bridgehead atoms. The molecule has 1 fully saturated rings. The number of piperidine rings is 1. The van der Waals surface area contributed by atoms with Crippen molar-refractivity contribution in [2.45, 2.75) is 18.9 Å². The van der Waals surface area contributed by atoms with E-state index in [1.165, 1.54) is 11.0 Å². The third-order valence-electron chi connectivity index (χ3n) is 4.41. The van der Waals surface area contributed by atoms with Gasteiger partial charge in [0.1, 0.15) is 12.4 Å². The molecule has 1 aromatic carbocycles. The third-order valence-corrected chi connectivity index (χ3v) is 5.02. The summed E-state index contributed by atoms with van der Waals surface area (Å²) < 4.78 is 13.5. The van der Waals surface area contributed by atoms with Gasteiger partial charge in [0, 0.05) is 51.2 Å². The second kappa shape index (κ2) is 11.0. The lowest BCUT2D eigenvalue weighted by atomic mass is 10.0. The molecule has 1 aromatic rings. The van der Waals surface area contributed by atoms with Crippen LogP contribution in [0.2, 0.25) is 0 Å². The molecule has 0 radical (unpaired) electrons. The minimum atomic E-state index is -0.217. The first-order valence-electron chi connectivity index (χ1n) is 9.24. The zero-order valence-corrected chi connectivity index (χ0v) is 17.2. The Hall–Kier alpha value is -1.96. The Morgan fingerprint density at radius 1 is 1.44 bits per heavy atom. The number of hydrogen-bond donors (Lipinski definition) is 2. The highest BCUT2D eigenvalue weighted by atomic mass is 32.2. The molecule has 2 N–H and O–H groups in total. The van der Waals surface area contributed by atoms with Crippen LogP contribution in [0.4, 0.5) is 10.1 Å². The molecule has 150 valence electrons. The zero-order chi connectivity index (χ0) is 19.6. The monoisotopic (exact) mass is 395 g/mol. The van der Waals surface area contributed by atoms with Gasteiger partial charge in [-0.05, 0) is 37.3 Å². The number of amides is 1. The van der Waals surface area contributed by atoms with Gasteiger partial charge in [0.05, 0.1) is 0 Å². The molecule has 1 saturated heterocycles. The summed E-state index contributed by atoms with van der Waals surface area (Å²) in [5.41, 5.74) is 0.901. The summed E-state index contributed by atoms with van der Waals surface area (Å²) in [6, 6.07) is 6.91. The van der Waals surface area contributed by atoms with Gasteiger partial charge in [0.15, 0.2) is 5.96 Å². The molecule has 1 heterocycles. The Bertz CT molecular complexity index is 640. The van der Waals surface area contributed by atoms with Crippen LogP contribution in [0, 0.1) is 5.82 Å². The number of nitrogens with zero attached hydrogens (tertiary/aromatic N) is 3. The Labute approximate surface area is 165 Å². The second-order valence-electron chi connectivity index (χ2n) is 6.78. The van der Waals surface area contributed by atoms with E-state index >= 15 is 0 Å². The maximum atomic E-state index is 13.5. The predicted octanol–water partition coefficient (Wildman–Crippen LogP) is 1.78. The van der Waals surface area contributed by atoms with Crippen molar-refractivity contribution in [3.63, 3.8) is 0 Å². The highest BCUT2D eigenvalue weighted by molar-refractivity contribution is 7.98. The van der Waals surface area contributed by atoms with E-state index in [2.05, 4.69) is 26.8 Å². The summed E-state index contributed by atoms with van der Waals surface area (Å²) in [6.45, 7) is 2.58. The fraction of sp³-hybridized carbons (Fsp3) is 0.579. The van der Waals surface area contributed by atoms with Crippen LogP contribution in [-0.2, 0) is 4.79 Å². The summed E-state index contributed by atoms with van der Waals surface area (Å²) in [6.07, 6.45) is 4.08. The molecule has 1 atom stereocenters. The largest absolute Gasteiger partial charge is 0.369 e. The van der Waals surface area contributed by atoms with Crippen LogP contribution in [0.25, 0.3) is 0 Å². The third kappa shape index (κ3) is 7.28. The Kier molecular flexibility index (Phi) is 8.71. The molecular weight excluding hydrogens is 365 g/mol. The van der Waals surface area contributed by atoms with E-state index < -0.39 is 0 Å². The molecule has 0 aromatic heterocycles. The van der Waals surface area contributed by atoms with Gasteiger partial charge in [0.2, 0.25) is 5.91 Å². The van der Waals surface area contributed by atoms with Gasteiger partial charge < -0.3 is 20.4 Å². The molecule has 2 rings (SSSR count). The van der Waals surface area contributed by atoms with Crippen molar-refractivity contribution in [1.82, 2.24) is 15.5 Å². The van der Waals surface area contributed by atoms with E-state index in [9.17, 15) is 9.18 Å². The average Bonchev–Trinajstić information content (AvgIpc) is 2.66. The molecule has 27 heavy (non-hydrogen) atoms. The Balaban J connectivity index is 1.99. The van der Waals surface area contributed by atoms with Crippen LogP contribution in [-0.4, -0.2) is 75.1 Å². The maximum Gasteiger partial charge on any atom is 0.243 e. The topological polar surface area (TPSA) is 60.0 Å². The molecule has 0 saturated carbocycles. The van der Waals surface area contributed by atoms with E-state index in [1.807, 2.05) is 6.07 Å². The summed E-state index contributed by atoms with van der Waals surface area (Å²) in [4.78, 5) is 20.0. The minimum Gasteiger partial charge on any atom is -0.369 e. The number of guanidine groups is 1. The average molecular weight is 396 g/mol. The molecule has 1 aliphatic heterocycles. The highest BCUT2D eigenvalue weighted by Crippen LogP contribution is 2.20. The van der Waals surface area contributed by atoms with Crippen LogP contribution in [0.15, 0.2) is 29.3 Å². The van der Waals surface area contributed by atoms with Crippen molar-refractivity contribution in [2.75, 3.05) is 57.2 Å². The van der Waals surface area contributed by atoms with Gasteiger partial charge in [0.25, 0.3) is 0 Å². The van der Waals surface area contributed by atoms with Crippen molar-refractivity contribution in [3.8, 4) is 0 Å². The SMILES string of the molecule is CSCCNC(=NCC(=O)N(C)C)NC1CCCN(c2cccc(F)c2)C1. The lowest BCUT2D eigenvalue weighted by Crippen LogP contribution is -2.51. The van der Waals surface area contributed by atoms with Crippen molar-refractivity contribution in [1.29, 1.82) is 0 Å². The van der Waals surface area contributed by atoms with Crippen LogP contribution >= 0.6 is 11.8 Å². The number of carbonyl (C=O) groups is 1. The number of carbonyl (C=O) groups excluding carboxylic acids is 1. The fourth-order valence-electron chi connectivity index (χ4n) is 2.91. The molecule has 6 nitrogen and oxygen atoms in total. The van der Waals surface area contributed by atoms with Gasteiger partial charge in [-0.25, -0.2) is 9.38 Å². The van der Waals surface area contributed by atoms with Gasteiger partial charge in [-0.15, -0.1) is 0 Å². The number of halogens is 1. The standard InChI is InChI=1S/C19H30FN5OS/c1-24(2)18(26)13-22-19(21-9-11-27-3)23-16-7-5-10-25(14-16)17-8-4-6-15(20)12-17/h4,6,8,12,16H,5,7,9-11,13-14H2,1-3H3,(H2,21,22,23). The summed E-state index contributed by atoms with van der Waals surface area (Å²) >= 11 is 1.75. The van der Waals surface area contributed by atoms with Crippen LogP contribution in [0.1, 0.15) is 12.8 Å². The van der Waals surface area contributed by atoms with Gasteiger partial charge in [-0.3, -0.25) is 4.79 Å². The maximum absolute atomic E-state index is 13.5. The van der Waals surface area contributed by atoms with Crippen molar-refractivity contribution in [3.05, 3.63) is 30.1 Å². The minimum absolute atomic E-state index is 0.0361. The van der Waals surface area contributed by atoms with Crippen LogP contribution in [0.5, 0.6) is 0 Å². The number of likely N-dealkylation sites (N-methyl/N-ethyl adjacent to an activating group) is 1. The highest BCUT2D eigenvalue weighted by Gasteiger charge is 2.21. The van der Waals surface area contributed by atoms with Crippen LogP contribution in [0.3, 0.4) is 0 Å². The first-order chi connectivity index (χ1) is 13.0. The van der Waals surface area contributed by atoms with E-state index in [1.54, 1.807) is 38.0 Å². The molecular formula is C19H30FN5OS. The normalized spacial score (nSPS) is 17.6. The first-order valence-corrected chi connectivity index (χ1v) is 10.6. The summed E-state index contributed by atoms with van der Waals surface area (Å²) in [5, 5.41) is 6.74. The number of hydrogen-bond acceptors (Lipinski definition) is 4. The molecule has 1 amide bonds. The Morgan fingerprint density at radius 3 is 2.96 bits per heavy atom. The van der Waals surface area contributed by atoms with Gasteiger partial charge >= 0.3 is 0 Å². The predicted molar refractivity (Wildman–Crippen MR) is 112 cm³/mol. The van der Waals surface area contributed by atoms with Crippen molar-refractivity contribution >= 4 is 29.3 Å². The fourth-order valence-corrected chi connectivity index (χ4v) is 3.21. The molecule has 1 aliphatic rings. The number of aliphatic imine (C=N–C) groups is 1. The van der Waals surface area contributed by atoms with E-state index in [-0.39, 0.29) is 24.3 Å². The van der Waals surface area contributed by atoms with Crippen LogP contribution < -0.4 is 15.5 Å². The van der Waals surface area contributed by atoms with E-state index in [0.717, 1.165) is 43.9 Å². The second-order valence-corrected chi connectivity index (χ2v) is 7.77. The number of rotatable bonds is 7. The number of thioether (sulfide) groups is 1. The number of nitrogens with one attached hydrogen (secondary N) is 2. The van der Waals surface area contributed by atoms with Crippen molar-refractivity contribution in [2.24, 2.45) is 4.99 Å². The summed E-state index contributed by atoms with van der Waals surface area (Å²) in [5.74, 6) is 1.37. The number of benzene rings is 1. The van der Waals surface area contributed by atoms with Crippen molar-refractivity contribution < 1.29 is 9.18 Å². The van der Waals surface area contributed by atoms with Gasteiger partial charge in [-0.1, -0.05) is 6.07 Å². The van der Waals surface area contributed by atoms with E-state index in [0.29, 0.717) is 5.96 Å². The lowest BCUT2D eigenvalue weighted by molar-refractivity contribution is -0.127. The smallest absolute Gasteiger partial charge is 0.243 e. The lowest BCUT2D eigenvalue weighted by Gasteiger charge is -2.35. The first kappa shape index (κ1) is 21.3. The number of anilines is 1. The quantitative estimate of drug-likeness (QED) is 0.419. The molecule has 8 heteroatoms. The molecule has 0 aliphatic carbocycles. The zero-order valence-electron chi connectivity index (χ0n) is 16.4. The molecule has 0 spiro atoms. The summed E-state index contributed by atoms with van der Waals surface area (Å²) in [7, 11) is 3.45. The van der Waals surface area contributed by atoms with Gasteiger partial charge in [-0.2, -0.15) is 11.8 Å². The van der Waals surface area contributed by atoms with E-state index in [4.69, 9.17) is 0 Å².